The highest BCUT2D eigenvalue weighted by molar-refractivity contribution is 5.92. The molecule has 2 nitrogen and oxygen atoms in total. The van der Waals surface area contributed by atoms with Gasteiger partial charge in [-0.25, -0.2) is 0 Å². The molecule has 1 aliphatic carbocycles. The lowest BCUT2D eigenvalue weighted by molar-refractivity contribution is 0.255. The van der Waals surface area contributed by atoms with E-state index in [1.807, 2.05) is 0 Å². The zero-order chi connectivity index (χ0) is 12.6. The first-order valence-corrected chi connectivity index (χ1v) is 6.57. The van der Waals surface area contributed by atoms with Crippen molar-refractivity contribution in [3.63, 3.8) is 0 Å². The van der Waals surface area contributed by atoms with Gasteiger partial charge in [0.1, 0.15) is 5.75 Å². The van der Waals surface area contributed by atoms with Crippen LogP contribution in [0.3, 0.4) is 0 Å². The van der Waals surface area contributed by atoms with Crippen molar-refractivity contribution in [1.29, 1.82) is 0 Å². The average Bonchev–Trinajstić information content (AvgIpc) is 2.38. The van der Waals surface area contributed by atoms with Crippen molar-refractivity contribution in [2.24, 2.45) is 5.73 Å². The van der Waals surface area contributed by atoms with E-state index in [0.29, 0.717) is 0 Å². The summed E-state index contributed by atoms with van der Waals surface area (Å²) in [5.41, 5.74) is 7.63. The van der Waals surface area contributed by atoms with Crippen molar-refractivity contribution in [3.05, 3.63) is 42.0 Å². The summed E-state index contributed by atoms with van der Waals surface area (Å²) in [5, 5.41) is 2.49. The van der Waals surface area contributed by atoms with Crippen LogP contribution >= 0.6 is 0 Å². The Labute approximate surface area is 108 Å². The zero-order valence-electron chi connectivity index (χ0n) is 10.8. The Morgan fingerprint density at radius 3 is 2.39 bits per heavy atom. The molecule has 0 heterocycles. The summed E-state index contributed by atoms with van der Waals surface area (Å²) in [6.07, 6.45) is 3.71. The Kier molecular flexibility index (Phi) is 2.75. The van der Waals surface area contributed by atoms with E-state index in [2.05, 4.69) is 36.4 Å². The first-order valence-electron chi connectivity index (χ1n) is 6.57. The summed E-state index contributed by atoms with van der Waals surface area (Å²) < 4.78 is 5.45. The van der Waals surface area contributed by atoms with Crippen LogP contribution in [0.5, 0.6) is 5.75 Å². The Balaban J connectivity index is 2.25. The Morgan fingerprint density at radius 2 is 1.83 bits per heavy atom. The van der Waals surface area contributed by atoms with Crippen molar-refractivity contribution in [3.8, 4) is 5.75 Å². The summed E-state index contributed by atoms with van der Waals surface area (Å²) in [6, 6.07) is 12.7. The molecule has 0 aliphatic heterocycles. The van der Waals surface area contributed by atoms with Crippen LogP contribution in [0, 0.1) is 0 Å². The van der Waals surface area contributed by atoms with Gasteiger partial charge in [0.05, 0.1) is 7.11 Å². The summed E-state index contributed by atoms with van der Waals surface area (Å²) in [4.78, 5) is 0. The fraction of sp³-hybridized carbons (Fsp3) is 0.375. The fourth-order valence-electron chi connectivity index (χ4n) is 3.10. The molecule has 0 radical (unpaired) electrons. The molecule has 0 aromatic heterocycles. The quantitative estimate of drug-likeness (QED) is 0.895. The minimum Gasteiger partial charge on any atom is -0.496 e. The molecule has 18 heavy (non-hydrogen) atoms. The summed E-state index contributed by atoms with van der Waals surface area (Å²) >= 11 is 0. The maximum absolute atomic E-state index is 6.03. The molecule has 0 bridgehead atoms. The molecule has 1 aliphatic rings. The predicted octanol–water partition coefficient (Wildman–Crippen LogP) is 3.23. The molecule has 2 heteroatoms. The lowest BCUT2D eigenvalue weighted by Crippen LogP contribution is -2.41. The molecule has 0 saturated heterocycles. The fourth-order valence-corrected chi connectivity index (χ4v) is 3.10. The van der Waals surface area contributed by atoms with Gasteiger partial charge in [-0.3, -0.25) is 0 Å². The third kappa shape index (κ3) is 1.52. The van der Waals surface area contributed by atoms with E-state index in [9.17, 15) is 0 Å². The van der Waals surface area contributed by atoms with E-state index < -0.39 is 0 Å². The maximum atomic E-state index is 6.03. The first kappa shape index (κ1) is 11.5. The molecule has 2 N–H and O–H groups in total. The van der Waals surface area contributed by atoms with Gasteiger partial charge in [-0.15, -0.1) is 0 Å². The van der Waals surface area contributed by atoms with E-state index in [1.54, 1.807) is 7.11 Å². The minimum atomic E-state index is 0.200. The molecule has 2 aromatic carbocycles. The Hall–Kier alpha value is -1.54. The maximum Gasteiger partial charge on any atom is 0.126 e. The van der Waals surface area contributed by atoms with Crippen molar-refractivity contribution in [1.82, 2.24) is 0 Å². The SMILES string of the molecule is COc1ccc(C2(CN)CCC2)c2ccccc12. The van der Waals surface area contributed by atoms with E-state index >= 15 is 0 Å². The Bertz CT molecular complexity index is 567. The highest BCUT2D eigenvalue weighted by Crippen LogP contribution is 2.46. The number of methoxy groups -OCH3 is 1. The molecule has 0 amide bonds. The van der Waals surface area contributed by atoms with Crippen LogP contribution in [0.2, 0.25) is 0 Å². The number of hydrogen-bond donors (Lipinski definition) is 1. The first-order chi connectivity index (χ1) is 8.80. The number of rotatable bonds is 3. The summed E-state index contributed by atoms with van der Waals surface area (Å²) in [5.74, 6) is 0.945. The monoisotopic (exact) mass is 241 g/mol. The van der Waals surface area contributed by atoms with Crippen molar-refractivity contribution in [2.45, 2.75) is 24.7 Å². The summed E-state index contributed by atoms with van der Waals surface area (Å²) in [7, 11) is 1.73. The van der Waals surface area contributed by atoms with Gasteiger partial charge in [-0.2, -0.15) is 0 Å². The molecule has 0 unspecified atom stereocenters. The largest absolute Gasteiger partial charge is 0.496 e. The van der Waals surface area contributed by atoms with Gasteiger partial charge in [0.2, 0.25) is 0 Å². The number of ether oxygens (including phenoxy) is 1. The zero-order valence-corrected chi connectivity index (χ0v) is 10.8. The minimum absolute atomic E-state index is 0.200. The molecule has 2 aromatic rings. The number of fused-ring (bicyclic) bond motifs is 1. The highest BCUT2D eigenvalue weighted by atomic mass is 16.5. The van der Waals surface area contributed by atoms with Crippen molar-refractivity contribution >= 4 is 10.8 Å². The van der Waals surface area contributed by atoms with Crippen LogP contribution in [-0.2, 0) is 5.41 Å². The molecule has 1 saturated carbocycles. The normalized spacial score (nSPS) is 17.4. The molecular formula is C16H19NO. The molecule has 0 atom stereocenters. The highest BCUT2D eigenvalue weighted by Gasteiger charge is 2.38. The van der Waals surface area contributed by atoms with E-state index in [0.717, 1.165) is 12.3 Å². The van der Waals surface area contributed by atoms with Gasteiger partial charge in [0, 0.05) is 17.3 Å². The topological polar surface area (TPSA) is 35.2 Å². The van der Waals surface area contributed by atoms with Crippen LogP contribution in [0.1, 0.15) is 24.8 Å². The molecule has 94 valence electrons. The third-order valence-corrected chi connectivity index (χ3v) is 4.38. The predicted molar refractivity (Wildman–Crippen MR) is 75.1 cm³/mol. The van der Waals surface area contributed by atoms with Crippen LogP contribution in [0.4, 0.5) is 0 Å². The lowest BCUT2D eigenvalue weighted by Gasteiger charge is -2.42. The average molecular weight is 241 g/mol. The number of nitrogens with two attached hydrogens (primary N) is 1. The standard InChI is InChI=1S/C16H19NO/c1-18-15-8-7-14(16(11-17)9-4-10-16)12-5-2-3-6-13(12)15/h2-3,5-8H,4,9-11,17H2,1H3. The van der Waals surface area contributed by atoms with Crippen LogP contribution in [-0.4, -0.2) is 13.7 Å². The van der Waals surface area contributed by atoms with Gasteiger partial charge >= 0.3 is 0 Å². The van der Waals surface area contributed by atoms with E-state index in [4.69, 9.17) is 10.5 Å². The van der Waals surface area contributed by atoms with E-state index in [1.165, 1.54) is 35.6 Å². The number of hydrogen-bond acceptors (Lipinski definition) is 2. The van der Waals surface area contributed by atoms with Gasteiger partial charge in [-0.05, 0) is 29.9 Å². The van der Waals surface area contributed by atoms with E-state index in [-0.39, 0.29) is 5.41 Å². The Morgan fingerprint density at radius 1 is 1.11 bits per heavy atom. The van der Waals surface area contributed by atoms with Gasteiger partial charge in [0.25, 0.3) is 0 Å². The molecule has 1 fully saturated rings. The van der Waals surface area contributed by atoms with Gasteiger partial charge < -0.3 is 10.5 Å². The third-order valence-electron chi connectivity index (χ3n) is 4.38. The van der Waals surface area contributed by atoms with Gasteiger partial charge in [-0.1, -0.05) is 36.8 Å². The molecule has 0 spiro atoms. The lowest BCUT2D eigenvalue weighted by atomic mass is 9.63. The van der Waals surface area contributed by atoms with Crippen LogP contribution < -0.4 is 10.5 Å². The summed E-state index contributed by atoms with van der Waals surface area (Å²) in [6.45, 7) is 0.739. The second kappa shape index (κ2) is 4.29. The van der Waals surface area contributed by atoms with Crippen molar-refractivity contribution in [2.75, 3.05) is 13.7 Å². The smallest absolute Gasteiger partial charge is 0.126 e. The number of benzene rings is 2. The van der Waals surface area contributed by atoms with Gasteiger partial charge in [0.15, 0.2) is 0 Å². The molecular weight excluding hydrogens is 222 g/mol. The molecule has 3 rings (SSSR count). The second-order valence-corrected chi connectivity index (χ2v) is 5.20. The second-order valence-electron chi connectivity index (χ2n) is 5.20. The van der Waals surface area contributed by atoms with Crippen LogP contribution in [0.15, 0.2) is 36.4 Å². The van der Waals surface area contributed by atoms with Crippen molar-refractivity contribution < 1.29 is 4.74 Å². The van der Waals surface area contributed by atoms with Crippen LogP contribution in [0.25, 0.3) is 10.8 Å².